The van der Waals surface area contributed by atoms with Gasteiger partial charge in [-0.2, -0.15) is 9.40 Å². The Morgan fingerprint density at radius 2 is 1.44 bits per heavy atom. The smallest absolute Gasteiger partial charge is 0.246 e. The summed E-state index contributed by atoms with van der Waals surface area (Å²) in [5.74, 6) is 3.71. The number of piperazine rings is 1. The van der Waals surface area contributed by atoms with Crippen LogP contribution in [0.5, 0.6) is 0 Å². The number of aromatic nitrogens is 2. The zero-order chi connectivity index (χ0) is 18.9. The molecule has 0 aromatic carbocycles. The van der Waals surface area contributed by atoms with Crippen LogP contribution in [0, 0.1) is 37.5 Å². The highest BCUT2D eigenvalue weighted by Gasteiger charge is 2.50. The Bertz CT molecular complexity index is 810. The van der Waals surface area contributed by atoms with Gasteiger partial charge in [-0.1, -0.05) is 0 Å². The van der Waals surface area contributed by atoms with Crippen molar-refractivity contribution in [1.29, 1.82) is 0 Å². The van der Waals surface area contributed by atoms with Gasteiger partial charge in [0.2, 0.25) is 10.0 Å². The first-order valence-corrected chi connectivity index (χ1v) is 12.0. The highest BCUT2D eigenvalue weighted by molar-refractivity contribution is 7.89. The van der Waals surface area contributed by atoms with E-state index in [1.807, 2.05) is 14.0 Å². The lowest BCUT2D eigenvalue weighted by Gasteiger charge is -2.58. The molecular weight excluding hydrogens is 360 g/mol. The minimum atomic E-state index is -3.45. The summed E-state index contributed by atoms with van der Waals surface area (Å²) in [5.41, 5.74) is 1.34. The molecule has 4 aliphatic carbocycles. The molecule has 27 heavy (non-hydrogen) atoms. The van der Waals surface area contributed by atoms with Gasteiger partial charge < -0.3 is 0 Å². The first-order chi connectivity index (χ1) is 12.8. The van der Waals surface area contributed by atoms with Gasteiger partial charge >= 0.3 is 0 Å². The van der Waals surface area contributed by atoms with Crippen molar-refractivity contribution in [3.05, 3.63) is 11.4 Å². The van der Waals surface area contributed by atoms with Crippen LogP contribution in [-0.2, 0) is 17.1 Å². The van der Waals surface area contributed by atoms with Crippen LogP contribution in [-0.4, -0.2) is 59.6 Å². The number of hydrogen-bond donors (Lipinski definition) is 0. The summed E-state index contributed by atoms with van der Waals surface area (Å²) in [7, 11) is -1.64. The van der Waals surface area contributed by atoms with Crippen molar-refractivity contribution in [1.82, 2.24) is 19.0 Å². The van der Waals surface area contributed by atoms with Crippen molar-refractivity contribution < 1.29 is 8.42 Å². The Labute approximate surface area is 162 Å². The third kappa shape index (κ3) is 2.80. The topological polar surface area (TPSA) is 58.4 Å². The lowest BCUT2D eigenvalue weighted by molar-refractivity contribution is -0.0720. The fourth-order valence-corrected chi connectivity index (χ4v) is 8.81. The van der Waals surface area contributed by atoms with Crippen molar-refractivity contribution in [3.8, 4) is 0 Å². The average molecular weight is 393 g/mol. The van der Waals surface area contributed by atoms with Crippen molar-refractivity contribution in [2.45, 2.75) is 56.9 Å². The molecule has 4 bridgehead atoms. The normalized spacial score (nSPS) is 37.2. The summed E-state index contributed by atoms with van der Waals surface area (Å²) in [6.45, 7) is 6.62. The van der Waals surface area contributed by atoms with Gasteiger partial charge in [-0.15, -0.1) is 0 Å². The van der Waals surface area contributed by atoms with Crippen LogP contribution in [0.1, 0.15) is 43.5 Å². The Morgan fingerprint density at radius 3 is 1.93 bits per heavy atom. The molecule has 0 radical (unpaired) electrons. The minimum Gasteiger partial charge on any atom is -0.297 e. The fraction of sp³-hybridized carbons (Fsp3) is 0.850. The number of nitrogens with zero attached hydrogens (tertiary/aromatic N) is 4. The molecule has 5 aliphatic rings. The average Bonchev–Trinajstić information content (AvgIpc) is 2.87. The maximum atomic E-state index is 13.2. The first-order valence-electron chi connectivity index (χ1n) is 10.6. The second-order valence-corrected chi connectivity index (χ2v) is 11.4. The molecule has 7 heteroatoms. The molecule has 2 heterocycles. The van der Waals surface area contributed by atoms with E-state index in [2.05, 4.69) is 10.00 Å². The van der Waals surface area contributed by atoms with Crippen LogP contribution in [0.25, 0.3) is 0 Å². The molecule has 0 spiro atoms. The van der Waals surface area contributed by atoms with Gasteiger partial charge in [-0.25, -0.2) is 8.42 Å². The van der Waals surface area contributed by atoms with Crippen LogP contribution in [0.3, 0.4) is 0 Å². The molecule has 1 aromatic heterocycles. The highest BCUT2D eigenvalue weighted by atomic mass is 32.2. The van der Waals surface area contributed by atoms with Gasteiger partial charge in [-0.05, 0) is 69.6 Å². The summed E-state index contributed by atoms with van der Waals surface area (Å²) in [4.78, 5) is 3.05. The van der Waals surface area contributed by atoms with E-state index < -0.39 is 10.0 Å². The summed E-state index contributed by atoms with van der Waals surface area (Å²) >= 11 is 0. The molecule has 0 atom stereocenters. The van der Waals surface area contributed by atoms with Gasteiger partial charge in [0.15, 0.2) is 0 Å². The first kappa shape index (κ1) is 18.1. The van der Waals surface area contributed by atoms with Gasteiger partial charge in [0.05, 0.1) is 11.4 Å². The predicted molar refractivity (Wildman–Crippen MR) is 104 cm³/mol. The molecule has 4 saturated carbocycles. The van der Waals surface area contributed by atoms with Gasteiger partial charge in [0, 0.05) is 39.3 Å². The number of aryl methyl sites for hydroxylation is 2. The van der Waals surface area contributed by atoms with Gasteiger partial charge in [0.1, 0.15) is 4.90 Å². The van der Waals surface area contributed by atoms with Crippen LogP contribution in [0.2, 0.25) is 0 Å². The molecule has 1 aromatic rings. The summed E-state index contributed by atoms with van der Waals surface area (Å²) in [5, 5.41) is 4.31. The third-order valence-corrected chi connectivity index (χ3v) is 10.1. The van der Waals surface area contributed by atoms with Gasteiger partial charge in [0.25, 0.3) is 0 Å². The van der Waals surface area contributed by atoms with Crippen LogP contribution < -0.4 is 0 Å². The Hall–Kier alpha value is -0.920. The molecule has 6 nitrogen and oxygen atoms in total. The van der Waals surface area contributed by atoms with E-state index in [4.69, 9.17) is 0 Å². The van der Waals surface area contributed by atoms with Crippen molar-refractivity contribution >= 4 is 10.0 Å². The monoisotopic (exact) mass is 392 g/mol. The summed E-state index contributed by atoms with van der Waals surface area (Å²) in [6, 6.07) is 0.713. The molecular formula is C20H32N4O2S. The van der Waals surface area contributed by atoms with Crippen LogP contribution >= 0.6 is 0 Å². The second-order valence-electron chi connectivity index (χ2n) is 9.48. The van der Waals surface area contributed by atoms with E-state index in [0.29, 0.717) is 29.7 Å². The number of rotatable bonds is 3. The van der Waals surface area contributed by atoms with E-state index in [-0.39, 0.29) is 0 Å². The minimum absolute atomic E-state index is 0.410. The molecule has 0 amide bonds. The van der Waals surface area contributed by atoms with E-state index in [1.54, 1.807) is 15.9 Å². The van der Waals surface area contributed by atoms with E-state index >= 15 is 0 Å². The van der Waals surface area contributed by atoms with E-state index in [1.165, 1.54) is 32.1 Å². The predicted octanol–water partition coefficient (Wildman–Crippen LogP) is 2.17. The molecule has 150 valence electrons. The third-order valence-electron chi connectivity index (χ3n) is 7.91. The number of sulfonamides is 1. The van der Waals surface area contributed by atoms with E-state index in [0.717, 1.165) is 42.5 Å². The van der Waals surface area contributed by atoms with E-state index in [9.17, 15) is 8.42 Å². The maximum Gasteiger partial charge on any atom is 0.246 e. The van der Waals surface area contributed by atoms with Crippen molar-refractivity contribution in [3.63, 3.8) is 0 Å². The lowest BCUT2D eigenvalue weighted by Crippen LogP contribution is -2.60. The zero-order valence-corrected chi connectivity index (χ0v) is 17.6. The molecule has 5 fully saturated rings. The Morgan fingerprint density at radius 1 is 0.889 bits per heavy atom. The summed E-state index contributed by atoms with van der Waals surface area (Å²) in [6.07, 6.45) is 7.17. The fourth-order valence-electron chi connectivity index (χ4n) is 6.99. The molecule has 0 N–H and O–H groups in total. The zero-order valence-electron chi connectivity index (χ0n) is 16.8. The Kier molecular flexibility index (Phi) is 4.22. The largest absolute Gasteiger partial charge is 0.297 e. The molecule has 1 aliphatic heterocycles. The quantitative estimate of drug-likeness (QED) is 0.791. The molecule has 0 unspecified atom stereocenters. The lowest BCUT2D eigenvalue weighted by atomic mass is 9.54. The molecule has 1 saturated heterocycles. The maximum absolute atomic E-state index is 13.2. The number of hydrogen-bond acceptors (Lipinski definition) is 4. The highest BCUT2D eigenvalue weighted by Crippen LogP contribution is 2.55. The van der Waals surface area contributed by atoms with Gasteiger partial charge in [-0.3, -0.25) is 9.58 Å². The summed E-state index contributed by atoms with van der Waals surface area (Å²) < 4.78 is 29.8. The van der Waals surface area contributed by atoms with Crippen molar-refractivity contribution in [2.24, 2.45) is 30.7 Å². The van der Waals surface area contributed by atoms with Crippen LogP contribution in [0.15, 0.2) is 4.90 Å². The van der Waals surface area contributed by atoms with Crippen LogP contribution in [0.4, 0.5) is 0 Å². The molecule has 6 rings (SSSR count). The second kappa shape index (κ2) is 6.29. The standard InChI is InChI=1S/C20H32N4O2S/c1-13-20(14(2)22(3)21-13)27(25,26)24-6-4-23(5-7-24)19-17-9-15-8-16(11-17)12-18(19)10-15/h15-19H,4-12H2,1-3H3. The SMILES string of the molecule is Cc1nn(C)c(C)c1S(=O)(=O)N1CCN(C2C3CC4CC(C3)CC2C4)CC1. The van der Waals surface area contributed by atoms with Crippen molar-refractivity contribution in [2.75, 3.05) is 26.2 Å². The Balaban J connectivity index is 1.30.